The normalized spacial score (nSPS) is 10.1. The van der Waals surface area contributed by atoms with Crippen molar-refractivity contribution in [1.29, 1.82) is 0 Å². The zero-order valence-electron chi connectivity index (χ0n) is 10.4. The Morgan fingerprint density at radius 3 is 2.56 bits per heavy atom. The maximum Gasteiger partial charge on any atom is 0.305 e. The molecule has 0 saturated heterocycles. The average molecular weight is 315 g/mol. The van der Waals surface area contributed by atoms with Crippen LogP contribution in [-0.2, 0) is 9.53 Å². The largest absolute Gasteiger partial charge is 0.490 e. The van der Waals surface area contributed by atoms with E-state index in [1.807, 2.05) is 30.3 Å². The molecule has 0 saturated carbocycles. The zero-order chi connectivity index (χ0) is 13.1. The molecular formula is C14H19BrO3. The van der Waals surface area contributed by atoms with E-state index in [0.717, 1.165) is 30.3 Å². The molecule has 1 aromatic rings. The molecule has 18 heavy (non-hydrogen) atoms. The summed E-state index contributed by atoms with van der Waals surface area (Å²) in [5.41, 5.74) is 0. The summed E-state index contributed by atoms with van der Waals surface area (Å²) in [6.45, 7) is 0.712. The highest BCUT2D eigenvalue weighted by Gasteiger charge is 2.02. The van der Waals surface area contributed by atoms with Crippen LogP contribution in [0.1, 0.15) is 25.7 Å². The Kier molecular flexibility index (Phi) is 8.30. The number of esters is 1. The molecule has 0 aliphatic heterocycles. The number of ether oxygens (including phenoxy) is 2. The zero-order valence-corrected chi connectivity index (χ0v) is 12.0. The molecule has 0 atom stereocenters. The van der Waals surface area contributed by atoms with Crippen LogP contribution in [0, 0.1) is 0 Å². The van der Waals surface area contributed by atoms with E-state index in [9.17, 15) is 4.79 Å². The predicted molar refractivity (Wildman–Crippen MR) is 75.2 cm³/mol. The van der Waals surface area contributed by atoms with Gasteiger partial charge in [0.05, 0.1) is 0 Å². The van der Waals surface area contributed by atoms with Crippen LogP contribution in [0.3, 0.4) is 0 Å². The van der Waals surface area contributed by atoms with Gasteiger partial charge in [-0.25, -0.2) is 0 Å². The van der Waals surface area contributed by atoms with Gasteiger partial charge in [0.2, 0.25) is 0 Å². The number of hydrogen-bond acceptors (Lipinski definition) is 3. The van der Waals surface area contributed by atoms with Crippen molar-refractivity contribution in [3.05, 3.63) is 30.3 Å². The number of benzene rings is 1. The van der Waals surface area contributed by atoms with Gasteiger partial charge in [0, 0.05) is 11.8 Å². The predicted octanol–water partition coefficient (Wildman–Crippen LogP) is 3.56. The fraction of sp³-hybridized carbons (Fsp3) is 0.500. The van der Waals surface area contributed by atoms with E-state index in [-0.39, 0.29) is 5.97 Å². The second-order valence-corrected chi connectivity index (χ2v) is 4.67. The minimum Gasteiger partial charge on any atom is -0.490 e. The number of alkyl halides is 1. The van der Waals surface area contributed by atoms with Crippen LogP contribution >= 0.6 is 15.9 Å². The maximum atomic E-state index is 11.3. The van der Waals surface area contributed by atoms with Gasteiger partial charge in [-0.1, -0.05) is 40.5 Å². The quantitative estimate of drug-likeness (QED) is 0.397. The minimum absolute atomic E-state index is 0.138. The molecule has 0 bridgehead atoms. The molecule has 0 N–H and O–H groups in total. The number of unbranched alkanes of at least 4 members (excludes halogenated alkanes) is 2. The van der Waals surface area contributed by atoms with Gasteiger partial charge in [0.25, 0.3) is 0 Å². The first-order chi connectivity index (χ1) is 8.83. The van der Waals surface area contributed by atoms with Crippen molar-refractivity contribution in [2.45, 2.75) is 25.7 Å². The molecule has 0 spiro atoms. The molecule has 0 aliphatic rings. The molecule has 0 aromatic heterocycles. The summed E-state index contributed by atoms with van der Waals surface area (Å²) >= 11 is 3.36. The number of carbonyl (C=O) groups is 1. The highest BCUT2D eigenvalue weighted by Crippen LogP contribution is 2.08. The van der Waals surface area contributed by atoms with Crippen LogP contribution in [0.5, 0.6) is 5.75 Å². The summed E-state index contributed by atoms with van der Waals surface area (Å²) in [5.74, 6) is 0.659. The topological polar surface area (TPSA) is 35.5 Å². The molecule has 0 radical (unpaired) electrons. The fourth-order valence-corrected chi connectivity index (χ4v) is 1.84. The van der Waals surface area contributed by atoms with Crippen molar-refractivity contribution in [1.82, 2.24) is 0 Å². The van der Waals surface area contributed by atoms with Crippen LogP contribution in [-0.4, -0.2) is 24.5 Å². The highest BCUT2D eigenvalue weighted by molar-refractivity contribution is 9.09. The number of hydrogen-bond donors (Lipinski definition) is 0. The maximum absolute atomic E-state index is 11.3. The van der Waals surface area contributed by atoms with Gasteiger partial charge < -0.3 is 9.47 Å². The molecule has 3 nitrogen and oxygen atoms in total. The van der Waals surface area contributed by atoms with Gasteiger partial charge in [-0.05, 0) is 25.0 Å². The van der Waals surface area contributed by atoms with E-state index in [1.54, 1.807) is 0 Å². The van der Waals surface area contributed by atoms with Crippen LogP contribution in [0.2, 0.25) is 0 Å². The van der Waals surface area contributed by atoms with Crippen molar-refractivity contribution in [3.63, 3.8) is 0 Å². The summed E-state index contributed by atoms with van der Waals surface area (Å²) in [6.07, 6.45) is 3.55. The number of rotatable bonds is 9. The molecule has 4 heteroatoms. The second-order valence-electron chi connectivity index (χ2n) is 3.88. The summed E-state index contributed by atoms with van der Waals surface area (Å²) < 4.78 is 10.5. The van der Waals surface area contributed by atoms with E-state index in [1.165, 1.54) is 0 Å². The minimum atomic E-state index is -0.138. The third kappa shape index (κ3) is 7.33. The Morgan fingerprint density at radius 1 is 1.06 bits per heavy atom. The van der Waals surface area contributed by atoms with Crippen LogP contribution in [0.15, 0.2) is 30.3 Å². The lowest BCUT2D eigenvalue weighted by atomic mass is 10.2. The van der Waals surface area contributed by atoms with Gasteiger partial charge in [-0.2, -0.15) is 0 Å². The number of para-hydroxylation sites is 1. The standard InChI is InChI=1S/C14H19BrO3/c15-10-6-2-5-9-14(16)18-12-11-17-13-7-3-1-4-8-13/h1,3-4,7-8H,2,5-6,9-12H2. The molecule has 100 valence electrons. The monoisotopic (exact) mass is 314 g/mol. The Bertz CT molecular complexity index is 327. The first kappa shape index (κ1) is 15.0. The van der Waals surface area contributed by atoms with E-state index in [2.05, 4.69) is 15.9 Å². The number of halogens is 1. The third-order valence-corrected chi connectivity index (χ3v) is 2.93. The fourth-order valence-electron chi connectivity index (χ4n) is 1.44. The lowest BCUT2D eigenvalue weighted by molar-refractivity contribution is -0.144. The van der Waals surface area contributed by atoms with Crippen LogP contribution < -0.4 is 4.74 Å². The molecule has 0 heterocycles. The van der Waals surface area contributed by atoms with Crippen molar-refractivity contribution in [2.24, 2.45) is 0 Å². The van der Waals surface area contributed by atoms with Gasteiger partial charge in [-0.15, -0.1) is 0 Å². The molecule has 0 unspecified atom stereocenters. The Hall–Kier alpha value is -1.03. The van der Waals surface area contributed by atoms with E-state index < -0.39 is 0 Å². The molecule has 0 fully saturated rings. The summed E-state index contributed by atoms with van der Waals surface area (Å²) in [5, 5.41) is 0.993. The van der Waals surface area contributed by atoms with Gasteiger partial charge in [0.1, 0.15) is 19.0 Å². The SMILES string of the molecule is O=C(CCCCCBr)OCCOc1ccccc1. The summed E-state index contributed by atoms with van der Waals surface area (Å²) in [6, 6.07) is 9.50. The van der Waals surface area contributed by atoms with Crippen LogP contribution in [0.25, 0.3) is 0 Å². The highest BCUT2D eigenvalue weighted by atomic mass is 79.9. The first-order valence-electron chi connectivity index (χ1n) is 6.22. The molecule has 0 amide bonds. The summed E-state index contributed by atoms with van der Waals surface area (Å²) in [7, 11) is 0. The molecular weight excluding hydrogens is 296 g/mol. The van der Waals surface area contributed by atoms with Crippen molar-refractivity contribution >= 4 is 21.9 Å². The van der Waals surface area contributed by atoms with Gasteiger partial charge in [-0.3, -0.25) is 4.79 Å². The van der Waals surface area contributed by atoms with Gasteiger partial charge in [0.15, 0.2) is 0 Å². The molecule has 0 aliphatic carbocycles. The third-order valence-electron chi connectivity index (χ3n) is 2.37. The molecule has 1 rings (SSSR count). The first-order valence-corrected chi connectivity index (χ1v) is 7.34. The van der Waals surface area contributed by atoms with Crippen LogP contribution in [0.4, 0.5) is 0 Å². The Morgan fingerprint density at radius 2 is 1.83 bits per heavy atom. The Balaban J connectivity index is 1.99. The Labute approximate surface area is 117 Å². The van der Waals surface area contributed by atoms with Crippen molar-refractivity contribution in [2.75, 3.05) is 18.5 Å². The summed E-state index contributed by atoms with van der Waals surface area (Å²) in [4.78, 5) is 11.3. The molecule has 1 aromatic carbocycles. The average Bonchev–Trinajstić information content (AvgIpc) is 2.41. The van der Waals surface area contributed by atoms with Crippen molar-refractivity contribution < 1.29 is 14.3 Å². The van der Waals surface area contributed by atoms with E-state index >= 15 is 0 Å². The van der Waals surface area contributed by atoms with Gasteiger partial charge >= 0.3 is 5.97 Å². The van der Waals surface area contributed by atoms with E-state index in [0.29, 0.717) is 19.6 Å². The number of carbonyl (C=O) groups excluding carboxylic acids is 1. The van der Waals surface area contributed by atoms with Crippen molar-refractivity contribution in [3.8, 4) is 5.75 Å². The lowest BCUT2D eigenvalue weighted by Gasteiger charge is -2.07. The van der Waals surface area contributed by atoms with E-state index in [4.69, 9.17) is 9.47 Å². The second kappa shape index (κ2) is 9.95. The smallest absolute Gasteiger partial charge is 0.305 e. The lowest BCUT2D eigenvalue weighted by Crippen LogP contribution is -2.11.